The average Bonchev–Trinajstić information content (AvgIpc) is 2.40. The van der Waals surface area contributed by atoms with E-state index in [2.05, 4.69) is 0 Å². The molecule has 2 aromatic carbocycles. The number of carbonyl (C=O) groups excluding carboxylic acids is 2. The van der Waals surface area contributed by atoms with Gasteiger partial charge in [0.15, 0.2) is 11.6 Å². The molecule has 0 N–H and O–H groups in total. The van der Waals surface area contributed by atoms with Gasteiger partial charge >= 0.3 is 0 Å². The fourth-order valence-corrected chi connectivity index (χ4v) is 1.60. The third-order valence-corrected chi connectivity index (χ3v) is 2.51. The molecular formula is C15H12O2Pr. The molecule has 0 fully saturated rings. The zero-order valence-electron chi connectivity index (χ0n) is 9.87. The first-order valence-corrected chi connectivity index (χ1v) is 5.44. The minimum Gasteiger partial charge on any atom is -0.294 e. The normalized spacial score (nSPS) is 9.33. The van der Waals surface area contributed by atoms with Crippen molar-refractivity contribution in [2.45, 2.75) is 6.42 Å². The maximum atomic E-state index is 11.8. The molecule has 2 aromatic rings. The van der Waals surface area contributed by atoms with E-state index in [9.17, 15) is 9.59 Å². The van der Waals surface area contributed by atoms with Crippen molar-refractivity contribution in [3.05, 3.63) is 71.8 Å². The molecule has 0 atom stereocenters. The number of Topliss-reactive ketones (excluding diaryl/α,β-unsaturated/α-hetero) is 2. The summed E-state index contributed by atoms with van der Waals surface area (Å²) in [6.07, 6.45) is -0.0754. The summed E-state index contributed by atoms with van der Waals surface area (Å²) in [5, 5.41) is 0. The van der Waals surface area contributed by atoms with Crippen molar-refractivity contribution in [3.63, 3.8) is 0 Å². The van der Waals surface area contributed by atoms with Crippen molar-refractivity contribution in [1.82, 2.24) is 0 Å². The maximum Gasteiger partial charge on any atom is 0.170 e. The van der Waals surface area contributed by atoms with E-state index < -0.39 is 0 Å². The van der Waals surface area contributed by atoms with E-state index in [4.69, 9.17) is 0 Å². The van der Waals surface area contributed by atoms with Gasteiger partial charge < -0.3 is 0 Å². The Morgan fingerprint density at radius 1 is 0.667 bits per heavy atom. The molecule has 3 heteroatoms. The Morgan fingerprint density at radius 2 is 1.00 bits per heavy atom. The molecule has 87 valence electrons. The number of carbonyl (C=O) groups is 2. The standard InChI is InChI=1S/C15H12O2.Pr/c16-14(12-7-3-1-4-8-12)11-15(17)13-9-5-2-6-10-13;/h1-10H,11H2;. The second kappa shape index (κ2) is 7.55. The molecule has 0 unspecified atom stereocenters. The molecule has 0 heterocycles. The van der Waals surface area contributed by atoms with Crippen LogP contribution in [0.3, 0.4) is 0 Å². The molecule has 0 spiro atoms. The van der Waals surface area contributed by atoms with E-state index in [-0.39, 0.29) is 59.3 Å². The molecule has 0 aliphatic heterocycles. The Kier molecular flexibility index (Phi) is 6.38. The van der Waals surface area contributed by atoms with Gasteiger partial charge in [0.2, 0.25) is 0 Å². The van der Waals surface area contributed by atoms with Crippen molar-refractivity contribution in [2.24, 2.45) is 0 Å². The molecule has 18 heavy (non-hydrogen) atoms. The third-order valence-electron chi connectivity index (χ3n) is 2.51. The van der Waals surface area contributed by atoms with Crippen LogP contribution in [0.5, 0.6) is 0 Å². The number of hydrogen-bond acceptors (Lipinski definition) is 2. The monoisotopic (exact) mass is 365 g/mol. The average molecular weight is 365 g/mol. The van der Waals surface area contributed by atoms with Crippen molar-refractivity contribution >= 4 is 11.6 Å². The van der Waals surface area contributed by atoms with Crippen LogP contribution in [0.15, 0.2) is 60.7 Å². The Balaban J connectivity index is 0.00000162. The quantitative estimate of drug-likeness (QED) is 0.616. The Hall–Kier alpha value is -0.856. The van der Waals surface area contributed by atoms with Crippen molar-refractivity contribution in [3.8, 4) is 0 Å². The van der Waals surface area contributed by atoms with Crippen LogP contribution in [0.4, 0.5) is 0 Å². The fraction of sp³-hybridized carbons (Fsp3) is 0.0667. The van der Waals surface area contributed by atoms with Crippen LogP contribution in [-0.2, 0) is 0 Å². The van der Waals surface area contributed by atoms with Crippen molar-refractivity contribution < 1.29 is 50.9 Å². The number of ketones is 2. The summed E-state index contributed by atoms with van der Waals surface area (Å²) in [5.41, 5.74) is 1.16. The van der Waals surface area contributed by atoms with Gasteiger partial charge in [0, 0.05) is 52.4 Å². The van der Waals surface area contributed by atoms with Crippen LogP contribution in [0.1, 0.15) is 27.1 Å². The second-order valence-corrected chi connectivity index (χ2v) is 3.76. The summed E-state index contributed by atoms with van der Waals surface area (Å²) >= 11 is 0. The first-order valence-electron chi connectivity index (χ1n) is 5.44. The first-order chi connectivity index (χ1) is 8.27. The minimum atomic E-state index is -0.139. The molecule has 0 saturated carbocycles. The molecule has 2 nitrogen and oxygen atoms in total. The van der Waals surface area contributed by atoms with E-state index in [1.807, 2.05) is 12.1 Å². The Morgan fingerprint density at radius 3 is 1.33 bits per heavy atom. The molecule has 0 aliphatic rings. The van der Waals surface area contributed by atoms with Gasteiger partial charge in [0.1, 0.15) is 0 Å². The van der Waals surface area contributed by atoms with E-state index in [1.165, 1.54) is 0 Å². The van der Waals surface area contributed by atoms with E-state index in [1.54, 1.807) is 48.5 Å². The van der Waals surface area contributed by atoms with Crippen LogP contribution in [0.25, 0.3) is 0 Å². The second-order valence-electron chi connectivity index (χ2n) is 3.76. The molecule has 0 bridgehead atoms. The molecule has 0 saturated heterocycles. The summed E-state index contributed by atoms with van der Waals surface area (Å²) in [7, 11) is 0. The molecule has 0 amide bonds. The van der Waals surface area contributed by atoms with Gasteiger partial charge in [0.25, 0.3) is 0 Å². The Bertz CT molecular complexity index is 471. The first kappa shape index (κ1) is 15.2. The SMILES string of the molecule is O=C(CC(=O)c1ccccc1)c1ccccc1.[Pr]. The van der Waals surface area contributed by atoms with Gasteiger partial charge in [-0.3, -0.25) is 9.59 Å². The topological polar surface area (TPSA) is 34.1 Å². The van der Waals surface area contributed by atoms with Crippen molar-refractivity contribution in [2.75, 3.05) is 0 Å². The van der Waals surface area contributed by atoms with Gasteiger partial charge in [-0.15, -0.1) is 0 Å². The molecule has 0 aromatic heterocycles. The van der Waals surface area contributed by atoms with Crippen LogP contribution in [0.2, 0.25) is 0 Å². The fourth-order valence-electron chi connectivity index (χ4n) is 1.60. The molecule has 1 radical (unpaired) electrons. The van der Waals surface area contributed by atoms with Gasteiger partial charge in [-0.1, -0.05) is 60.7 Å². The van der Waals surface area contributed by atoms with E-state index >= 15 is 0 Å². The minimum absolute atomic E-state index is 0. The third kappa shape index (κ3) is 4.11. The summed E-state index contributed by atoms with van der Waals surface area (Å²) in [6.45, 7) is 0. The zero-order valence-corrected chi connectivity index (χ0v) is 13.6. The Labute approximate surface area is 139 Å². The summed E-state index contributed by atoms with van der Waals surface area (Å²) < 4.78 is 0. The largest absolute Gasteiger partial charge is 0.294 e. The maximum absolute atomic E-state index is 11.8. The summed E-state index contributed by atoms with van der Waals surface area (Å²) in [5.74, 6) is -0.279. The molecular weight excluding hydrogens is 353 g/mol. The van der Waals surface area contributed by atoms with Crippen LogP contribution < -0.4 is 0 Å². The van der Waals surface area contributed by atoms with Gasteiger partial charge in [-0.25, -0.2) is 0 Å². The van der Waals surface area contributed by atoms with Crippen LogP contribution in [-0.4, -0.2) is 11.6 Å². The van der Waals surface area contributed by atoms with Gasteiger partial charge in [-0.2, -0.15) is 0 Å². The summed E-state index contributed by atoms with van der Waals surface area (Å²) in [4.78, 5) is 23.6. The van der Waals surface area contributed by atoms with Crippen LogP contribution >= 0.6 is 0 Å². The number of benzene rings is 2. The zero-order chi connectivity index (χ0) is 12.1. The van der Waals surface area contributed by atoms with Gasteiger partial charge in [0.05, 0.1) is 6.42 Å². The van der Waals surface area contributed by atoms with Gasteiger partial charge in [-0.05, 0) is 0 Å². The van der Waals surface area contributed by atoms with Crippen LogP contribution in [0, 0.1) is 41.3 Å². The smallest absolute Gasteiger partial charge is 0.170 e. The number of hydrogen-bond donors (Lipinski definition) is 0. The van der Waals surface area contributed by atoms with Crippen molar-refractivity contribution in [1.29, 1.82) is 0 Å². The predicted octanol–water partition coefficient (Wildman–Crippen LogP) is 3.14. The van der Waals surface area contributed by atoms with E-state index in [0.717, 1.165) is 0 Å². The predicted molar refractivity (Wildman–Crippen MR) is 66.2 cm³/mol. The molecule has 2 rings (SSSR count). The summed E-state index contributed by atoms with van der Waals surface area (Å²) in [6, 6.07) is 17.7. The molecule has 0 aliphatic carbocycles. The van der Waals surface area contributed by atoms with E-state index in [0.29, 0.717) is 11.1 Å². The number of rotatable bonds is 4.